The van der Waals surface area contributed by atoms with Crippen LogP contribution in [0.1, 0.15) is 30.7 Å². The van der Waals surface area contributed by atoms with Crippen molar-refractivity contribution in [1.82, 2.24) is 9.88 Å². The molecule has 2 heterocycles. The molecule has 1 aromatic heterocycles. The minimum atomic E-state index is 0.798. The first-order chi connectivity index (χ1) is 7.40. The van der Waals surface area contributed by atoms with Gasteiger partial charge in [-0.2, -0.15) is 0 Å². The van der Waals surface area contributed by atoms with E-state index in [4.69, 9.17) is 0 Å². The van der Waals surface area contributed by atoms with Crippen molar-refractivity contribution in [1.29, 1.82) is 0 Å². The van der Waals surface area contributed by atoms with Gasteiger partial charge in [0.1, 0.15) is 5.01 Å². The van der Waals surface area contributed by atoms with E-state index in [1.807, 2.05) is 6.20 Å². The third-order valence-electron chi connectivity index (χ3n) is 2.99. The molecule has 15 heavy (non-hydrogen) atoms. The lowest BCUT2D eigenvalue weighted by Gasteiger charge is -2.22. The first kappa shape index (κ1) is 11.6. The molecule has 2 rings (SSSR count). The largest absolute Gasteiger partial charge is 0.294 e. The summed E-state index contributed by atoms with van der Waals surface area (Å²) in [5.41, 5.74) is 0. The van der Waals surface area contributed by atoms with Crippen LogP contribution in [0.15, 0.2) is 11.6 Å². The van der Waals surface area contributed by atoms with Crippen molar-refractivity contribution >= 4 is 27.3 Å². The standard InChI is InChI=1S/C11H17BrN2S/c12-5-1-3-10-4-2-7-14(10)9-11-13-6-8-15-11/h6,8,10H,1-5,7,9H2. The third kappa shape index (κ3) is 3.26. The van der Waals surface area contributed by atoms with Gasteiger partial charge in [0.2, 0.25) is 0 Å². The van der Waals surface area contributed by atoms with Gasteiger partial charge < -0.3 is 0 Å². The van der Waals surface area contributed by atoms with Gasteiger partial charge in [0, 0.05) is 22.9 Å². The second-order valence-electron chi connectivity index (χ2n) is 4.02. The van der Waals surface area contributed by atoms with Crippen molar-refractivity contribution in [2.75, 3.05) is 11.9 Å². The molecular formula is C11H17BrN2S. The molecule has 1 saturated heterocycles. The van der Waals surface area contributed by atoms with E-state index in [0.29, 0.717) is 0 Å². The number of hydrogen-bond acceptors (Lipinski definition) is 3. The van der Waals surface area contributed by atoms with Gasteiger partial charge in [-0.1, -0.05) is 15.9 Å². The maximum atomic E-state index is 4.36. The average Bonchev–Trinajstić information content (AvgIpc) is 2.87. The molecule has 1 aliphatic rings. The van der Waals surface area contributed by atoms with Crippen molar-refractivity contribution in [3.05, 3.63) is 16.6 Å². The molecule has 1 atom stereocenters. The minimum Gasteiger partial charge on any atom is -0.294 e. The second kappa shape index (κ2) is 5.97. The number of halogens is 1. The summed E-state index contributed by atoms with van der Waals surface area (Å²) in [5, 5.41) is 4.47. The fraction of sp³-hybridized carbons (Fsp3) is 0.727. The van der Waals surface area contributed by atoms with Gasteiger partial charge in [-0.25, -0.2) is 4.98 Å². The highest BCUT2D eigenvalue weighted by atomic mass is 79.9. The highest BCUT2D eigenvalue weighted by Crippen LogP contribution is 2.24. The molecule has 1 aliphatic heterocycles. The van der Waals surface area contributed by atoms with Crippen molar-refractivity contribution in [3.63, 3.8) is 0 Å². The van der Waals surface area contributed by atoms with Crippen LogP contribution in [0.3, 0.4) is 0 Å². The predicted molar refractivity (Wildman–Crippen MR) is 68.6 cm³/mol. The van der Waals surface area contributed by atoms with Gasteiger partial charge in [-0.15, -0.1) is 11.3 Å². The molecule has 0 N–H and O–H groups in total. The number of aromatic nitrogens is 1. The van der Waals surface area contributed by atoms with Gasteiger partial charge >= 0.3 is 0 Å². The first-order valence-corrected chi connectivity index (χ1v) is 7.58. The Morgan fingerprint density at radius 2 is 2.53 bits per heavy atom. The molecule has 0 radical (unpaired) electrons. The highest BCUT2D eigenvalue weighted by molar-refractivity contribution is 9.09. The number of thiazole rings is 1. The van der Waals surface area contributed by atoms with E-state index < -0.39 is 0 Å². The number of rotatable bonds is 5. The zero-order chi connectivity index (χ0) is 10.5. The highest BCUT2D eigenvalue weighted by Gasteiger charge is 2.24. The summed E-state index contributed by atoms with van der Waals surface area (Å²) in [7, 11) is 0. The summed E-state index contributed by atoms with van der Waals surface area (Å²) in [5.74, 6) is 0. The normalized spacial score (nSPS) is 22.3. The van der Waals surface area contributed by atoms with Crippen molar-refractivity contribution in [2.24, 2.45) is 0 Å². The first-order valence-electron chi connectivity index (χ1n) is 5.58. The minimum absolute atomic E-state index is 0.798. The Labute approximate surface area is 104 Å². The smallest absolute Gasteiger partial charge is 0.107 e. The quantitative estimate of drug-likeness (QED) is 0.773. The Balaban J connectivity index is 1.85. The molecular weight excluding hydrogens is 272 g/mol. The summed E-state index contributed by atoms with van der Waals surface area (Å²) in [6.45, 7) is 2.32. The summed E-state index contributed by atoms with van der Waals surface area (Å²) >= 11 is 5.28. The van der Waals surface area contributed by atoms with Crippen LogP contribution in [0.2, 0.25) is 0 Å². The Morgan fingerprint density at radius 1 is 1.60 bits per heavy atom. The third-order valence-corrected chi connectivity index (χ3v) is 4.32. The number of alkyl halides is 1. The van der Waals surface area contributed by atoms with Gasteiger partial charge in [0.25, 0.3) is 0 Å². The second-order valence-corrected chi connectivity index (χ2v) is 5.80. The molecule has 0 saturated carbocycles. The summed E-state index contributed by atoms with van der Waals surface area (Å²) in [4.78, 5) is 6.96. The van der Waals surface area contributed by atoms with Crippen LogP contribution >= 0.6 is 27.3 Å². The van der Waals surface area contributed by atoms with Gasteiger partial charge in [-0.05, 0) is 32.2 Å². The van der Waals surface area contributed by atoms with Crippen molar-refractivity contribution in [3.8, 4) is 0 Å². The molecule has 1 fully saturated rings. The summed E-state index contributed by atoms with van der Waals surface area (Å²) in [6, 6.07) is 0.798. The van der Waals surface area contributed by atoms with E-state index in [2.05, 4.69) is 31.2 Å². The lowest BCUT2D eigenvalue weighted by Crippen LogP contribution is -2.28. The molecule has 84 valence electrons. The Bertz CT molecular complexity index is 276. The van der Waals surface area contributed by atoms with Crippen LogP contribution in [0.5, 0.6) is 0 Å². The zero-order valence-corrected chi connectivity index (χ0v) is 11.3. The fourth-order valence-corrected chi connectivity index (χ4v) is 3.21. The fourth-order valence-electron chi connectivity index (χ4n) is 2.25. The molecule has 0 amide bonds. The van der Waals surface area contributed by atoms with Crippen LogP contribution in [0, 0.1) is 0 Å². The number of likely N-dealkylation sites (tertiary alicyclic amines) is 1. The van der Waals surface area contributed by atoms with E-state index in [1.54, 1.807) is 11.3 Å². The van der Waals surface area contributed by atoms with Crippen LogP contribution in [-0.4, -0.2) is 27.8 Å². The Kier molecular flexibility index (Phi) is 4.60. The zero-order valence-electron chi connectivity index (χ0n) is 8.86. The Hall–Kier alpha value is 0.0700. The Morgan fingerprint density at radius 3 is 3.27 bits per heavy atom. The number of hydrogen-bond donors (Lipinski definition) is 0. The summed E-state index contributed by atoms with van der Waals surface area (Å²) in [6.07, 6.45) is 7.26. The molecule has 4 heteroatoms. The van der Waals surface area contributed by atoms with E-state index in [1.165, 1.54) is 37.2 Å². The molecule has 0 spiro atoms. The van der Waals surface area contributed by atoms with Crippen LogP contribution in [0.25, 0.3) is 0 Å². The molecule has 0 aliphatic carbocycles. The van der Waals surface area contributed by atoms with E-state index in [-0.39, 0.29) is 0 Å². The van der Waals surface area contributed by atoms with Gasteiger partial charge in [0.05, 0.1) is 6.54 Å². The topological polar surface area (TPSA) is 16.1 Å². The van der Waals surface area contributed by atoms with E-state index in [9.17, 15) is 0 Å². The van der Waals surface area contributed by atoms with E-state index >= 15 is 0 Å². The maximum absolute atomic E-state index is 4.36. The van der Waals surface area contributed by atoms with Crippen LogP contribution in [-0.2, 0) is 6.54 Å². The lowest BCUT2D eigenvalue weighted by molar-refractivity contribution is 0.233. The number of nitrogens with zero attached hydrogens (tertiary/aromatic N) is 2. The molecule has 0 aromatic carbocycles. The predicted octanol–water partition coefficient (Wildman–Crippen LogP) is 3.28. The monoisotopic (exact) mass is 288 g/mol. The molecule has 1 unspecified atom stereocenters. The van der Waals surface area contributed by atoms with Crippen LogP contribution < -0.4 is 0 Å². The van der Waals surface area contributed by atoms with Gasteiger partial charge in [-0.3, -0.25) is 4.90 Å². The van der Waals surface area contributed by atoms with Crippen molar-refractivity contribution in [2.45, 2.75) is 38.3 Å². The SMILES string of the molecule is BrCCCC1CCCN1Cc1nccs1. The van der Waals surface area contributed by atoms with Crippen LogP contribution in [0.4, 0.5) is 0 Å². The molecule has 0 bridgehead atoms. The van der Waals surface area contributed by atoms with Crippen molar-refractivity contribution < 1.29 is 0 Å². The molecule has 2 nitrogen and oxygen atoms in total. The summed E-state index contributed by atoms with van der Waals surface area (Å²) < 4.78 is 0. The van der Waals surface area contributed by atoms with E-state index in [0.717, 1.165) is 17.9 Å². The maximum Gasteiger partial charge on any atom is 0.107 e. The molecule has 1 aromatic rings. The average molecular weight is 289 g/mol. The van der Waals surface area contributed by atoms with Gasteiger partial charge in [0.15, 0.2) is 0 Å². The lowest BCUT2D eigenvalue weighted by atomic mass is 10.1.